The lowest BCUT2D eigenvalue weighted by atomic mass is 9.98. The molecule has 2 aromatic heterocycles. The molecule has 0 amide bonds. The largest absolute Gasteiger partial charge is 0.444 e. The number of hydrogen-bond donors (Lipinski definition) is 1. The summed E-state index contributed by atoms with van der Waals surface area (Å²) in [5, 5.41) is 11.4. The smallest absolute Gasteiger partial charge is 0.283 e. The van der Waals surface area contributed by atoms with Gasteiger partial charge in [-0.3, -0.25) is 4.90 Å². The number of rotatable bonds is 5. The first-order valence-corrected chi connectivity index (χ1v) is 7.99. The average Bonchev–Trinajstić information content (AvgIpc) is 3.09. The van der Waals surface area contributed by atoms with Crippen molar-refractivity contribution in [3.8, 4) is 11.7 Å². The number of nitrogens with zero attached hydrogens (tertiary/aromatic N) is 3. The Labute approximate surface area is 132 Å². The fourth-order valence-electron chi connectivity index (χ4n) is 2.79. The molecule has 3 rings (SSSR count). The molecule has 0 aliphatic carbocycles. The van der Waals surface area contributed by atoms with E-state index in [9.17, 15) is 0 Å². The zero-order valence-corrected chi connectivity index (χ0v) is 13.6. The predicted molar refractivity (Wildman–Crippen MR) is 81.6 cm³/mol. The number of piperidine rings is 1. The average molecular weight is 355 g/mol. The van der Waals surface area contributed by atoms with Crippen LogP contribution in [0.4, 0.5) is 0 Å². The molecule has 0 aromatic carbocycles. The fourth-order valence-corrected chi connectivity index (χ4v) is 3.09. The SMILES string of the molecule is CNCC1CCCN(Cc2nnc(-c3ccc(Br)o3)o2)C1. The lowest BCUT2D eigenvalue weighted by Gasteiger charge is -2.31. The second-order valence-electron chi connectivity index (χ2n) is 5.41. The number of halogens is 1. The first-order valence-electron chi connectivity index (χ1n) is 7.19. The monoisotopic (exact) mass is 354 g/mol. The Morgan fingerprint density at radius 2 is 2.29 bits per heavy atom. The van der Waals surface area contributed by atoms with Crippen LogP contribution in [0, 0.1) is 5.92 Å². The van der Waals surface area contributed by atoms with Gasteiger partial charge in [0.1, 0.15) is 0 Å². The third kappa shape index (κ3) is 3.72. The summed E-state index contributed by atoms with van der Waals surface area (Å²) < 4.78 is 11.8. The van der Waals surface area contributed by atoms with Crippen molar-refractivity contribution in [2.75, 3.05) is 26.7 Å². The minimum Gasteiger partial charge on any atom is -0.444 e. The van der Waals surface area contributed by atoms with Gasteiger partial charge < -0.3 is 14.2 Å². The molecule has 0 saturated carbocycles. The summed E-state index contributed by atoms with van der Waals surface area (Å²) in [6, 6.07) is 3.62. The van der Waals surface area contributed by atoms with Crippen molar-refractivity contribution < 1.29 is 8.83 Å². The van der Waals surface area contributed by atoms with Crippen molar-refractivity contribution >= 4 is 15.9 Å². The molecule has 1 aliphatic heterocycles. The first kappa shape index (κ1) is 14.7. The Morgan fingerprint density at radius 3 is 3.05 bits per heavy atom. The van der Waals surface area contributed by atoms with E-state index in [1.807, 2.05) is 19.2 Å². The third-order valence-corrected chi connectivity index (χ3v) is 4.13. The molecule has 0 spiro atoms. The number of likely N-dealkylation sites (tertiary alicyclic amines) is 1. The van der Waals surface area contributed by atoms with Crippen LogP contribution in [0.25, 0.3) is 11.7 Å². The van der Waals surface area contributed by atoms with Gasteiger partial charge in [0.2, 0.25) is 5.89 Å². The van der Waals surface area contributed by atoms with E-state index in [1.165, 1.54) is 12.8 Å². The maximum Gasteiger partial charge on any atom is 0.283 e. The quantitative estimate of drug-likeness (QED) is 0.889. The maximum atomic E-state index is 5.69. The zero-order chi connectivity index (χ0) is 14.7. The molecule has 1 aliphatic rings. The van der Waals surface area contributed by atoms with Gasteiger partial charge in [-0.05, 0) is 67.0 Å². The second-order valence-corrected chi connectivity index (χ2v) is 6.19. The maximum absolute atomic E-state index is 5.69. The minimum atomic E-state index is 0.430. The molecule has 114 valence electrons. The van der Waals surface area contributed by atoms with Crippen molar-refractivity contribution in [2.24, 2.45) is 5.92 Å². The summed E-state index contributed by atoms with van der Waals surface area (Å²) in [7, 11) is 2.00. The summed E-state index contributed by atoms with van der Waals surface area (Å²) in [5.74, 6) is 2.36. The molecule has 0 bridgehead atoms. The van der Waals surface area contributed by atoms with Crippen molar-refractivity contribution in [1.82, 2.24) is 20.4 Å². The van der Waals surface area contributed by atoms with E-state index in [2.05, 4.69) is 36.3 Å². The van der Waals surface area contributed by atoms with E-state index in [0.717, 1.165) is 19.6 Å². The van der Waals surface area contributed by atoms with Gasteiger partial charge in [0, 0.05) is 6.54 Å². The van der Waals surface area contributed by atoms with Gasteiger partial charge in [-0.15, -0.1) is 10.2 Å². The predicted octanol–water partition coefficient (Wildman–Crippen LogP) is 2.52. The molecule has 2 aromatic rings. The molecule has 1 saturated heterocycles. The van der Waals surface area contributed by atoms with Gasteiger partial charge in [-0.25, -0.2) is 0 Å². The molecule has 0 radical (unpaired) electrons. The van der Waals surface area contributed by atoms with Crippen molar-refractivity contribution in [3.63, 3.8) is 0 Å². The molecule has 6 nitrogen and oxygen atoms in total. The molecule has 1 unspecified atom stereocenters. The van der Waals surface area contributed by atoms with Crippen LogP contribution in [0.15, 0.2) is 25.6 Å². The van der Waals surface area contributed by atoms with Gasteiger partial charge in [0.05, 0.1) is 6.54 Å². The molecular weight excluding hydrogens is 336 g/mol. The fraction of sp³-hybridized carbons (Fsp3) is 0.571. The van der Waals surface area contributed by atoms with Crippen LogP contribution >= 0.6 is 15.9 Å². The Hall–Kier alpha value is -1.18. The summed E-state index contributed by atoms with van der Waals surface area (Å²) in [6.45, 7) is 3.93. The first-order chi connectivity index (χ1) is 10.2. The van der Waals surface area contributed by atoms with Gasteiger partial charge in [-0.1, -0.05) is 0 Å². The number of furan rings is 1. The summed E-state index contributed by atoms with van der Waals surface area (Å²) in [6.07, 6.45) is 2.51. The van der Waals surface area contributed by atoms with E-state index in [1.54, 1.807) is 0 Å². The van der Waals surface area contributed by atoms with Crippen LogP contribution in [0.2, 0.25) is 0 Å². The van der Waals surface area contributed by atoms with Gasteiger partial charge in [0.25, 0.3) is 5.89 Å². The molecule has 21 heavy (non-hydrogen) atoms. The van der Waals surface area contributed by atoms with E-state index >= 15 is 0 Å². The van der Waals surface area contributed by atoms with Crippen LogP contribution in [0.3, 0.4) is 0 Å². The minimum absolute atomic E-state index is 0.430. The highest BCUT2D eigenvalue weighted by Gasteiger charge is 2.21. The summed E-state index contributed by atoms with van der Waals surface area (Å²) >= 11 is 3.27. The number of hydrogen-bond acceptors (Lipinski definition) is 6. The van der Waals surface area contributed by atoms with E-state index < -0.39 is 0 Å². The summed E-state index contributed by atoms with van der Waals surface area (Å²) in [4.78, 5) is 2.38. The lowest BCUT2D eigenvalue weighted by Crippen LogP contribution is -2.38. The van der Waals surface area contributed by atoms with Crippen LogP contribution in [-0.4, -0.2) is 41.8 Å². The molecular formula is C14H19BrN4O2. The normalized spacial score (nSPS) is 20.0. The Bertz CT molecular complexity index is 581. The van der Waals surface area contributed by atoms with E-state index in [0.29, 0.717) is 34.7 Å². The van der Waals surface area contributed by atoms with Gasteiger partial charge >= 0.3 is 0 Å². The van der Waals surface area contributed by atoms with Crippen LogP contribution in [0.1, 0.15) is 18.7 Å². The molecule has 1 N–H and O–H groups in total. The zero-order valence-electron chi connectivity index (χ0n) is 12.0. The van der Waals surface area contributed by atoms with E-state index in [4.69, 9.17) is 8.83 Å². The highest BCUT2D eigenvalue weighted by Crippen LogP contribution is 2.24. The molecule has 1 atom stereocenters. The van der Waals surface area contributed by atoms with E-state index in [-0.39, 0.29) is 0 Å². The Kier molecular flexibility index (Phi) is 4.72. The third-order valence-electron chi connectivity index (χ3n) is 3.71. The molecule has 3 heterocycles. The van der Waals surface area contributed by atoms with Crippen LogP contribution in [0.5, 0.6) is 0 Å². The Morgan fingerprint density at radius 1 is 1.38 bits per heavy atom. The van der Waals surface area contributed by atoms with Crippen LogP contribution < -0.4 is 5.32 Å². The Balaban J connectivity index is 1.61. The van der Waals surface area contributed by atoms with Crippen LogP contribution in [-0.2, 0) is 6.54 Å². The molecule has 7 heteroatoms. The number of aromatic nitrogens is 2. The van der Waals surface area contributed by atoms with Gasteiger partial charge in [-0.2, -0.15) is 0 Å². The highest BCUT2D eigenvalue weighted by molar-refractivity contribution is 9.10. The van der Waals surface area contributed by atoms with Crippen molar-refractivity contribution in [3.05, 3.63) is 22.7 Å². The molecule has 1 fully saturated rings. The highest BCUT2D eigenvalue weighted by atomic mass is 79.9. The number of nitrogens with one attached hydrogen (secondary N) is 1. The van der Waals surface area contributed by atoms with Gasteiger partial charge in [0.15, 0.2) is 10.4 Å². The lowest BCUT2D eigenvalue weighted by molar-refractivity contribution is 0.154. The second kappa shape index (κ2) is 6.72. The van der Waals surface area contributed by atoms with Crippen molar-refractivity contribution in [2.45, 2.75) is 19.4 Å². The standard InChI is InChI=1S/C14H19BrN4O2/c1-16-7-10-3-2-6-19(8-10)9-13-17-18-14(21-13)11-4-5-12(15)20-11/h4-5,10,16H,2-3,6-9H2,1H3. The topological polar surface area (TPSA) is 67.3 Å². The van der Waals surface area contributed by atoms with Crippen molar-refractivity contribution in [1.29, 1.82) is 0 Å². The summed E-state index contributed by atoms with van der Waals surface area (Å²) in [5.41, 5.74) is 0.